The molecule has 4 rings (SSSR count). The van der Waals surface area contributed by atoms with Gasteiger partial charge in [0.2, 0.25) is 5.91 Å². The van der Waals surface area contributed by atoms with Crippen LogP contribution in [0.15, 0.2) is 39.9 Å². The van der Waals surface area contributed by atoms with Crippen molar-refractivity contribution in [3.8, 4) is 0 Å². The number of carbonyl (C=O) groups excluding carboxylic acids is 1. The van der Waals surface area contributed by atoms with Crippen LogP contribution in [0.3, 0.4) is 0 Å². The lowest BCUT2D eigenvalue weighted by Gasteiger charge is -2.29. The number of thiophene rings is 1. The normalized spacial score (nSPS) is 17.4. The zero-order valence-corrected chi connectivity index (χ0v) is 14.7. The molecular formula is C17H18N2O3S2. The first-order chi connectivity index (χ1) is 11.5. The fourth-order valence-corrected chi connectivity index (χ4v) is 5.06. The number of anilines is 1. The van der Waals surface area contributed by atoms with Gasteiger partial charge in [0.05, 0.1) is 0 Å². The molecule has 1 aromatic heterocycles. The highest BCUT2D eigenvalue weighted by Crippen LogP contribution is 2.33. The summed E-state index contributed by atoms with van der Waals surface area (Å²) in [5.41, 5.74) is 2.76. The van der Waals surface area contributed by atoms with Crippen LogP contribution in [0.1, 0.15) is 24.0 Å². The Morgan fingerprint density at radius 2 is 2.04 bits per heavy atom. The van der Waals surface area contributed by atoms with Crippen molar-refractivity contribution in [1.29, 1.82) is 0 Å². The average Bonchev–Trinajstić information content (AvgIpc) is 3.26. The van der Waals surface area contributed by atoms with Gasteiger partial charge in [-0.15, -0.1) is 11.3 Å². The minimum absolute atomic E-state index is 0.215. The van der Waals surface area contributed by atoms with Crippen LogP contribution < -0.4 is 4.72 Å². The van der Waals surface area contributed by atoms with Crippen LogP contribution in [-0.2, 0) is 27.8 Å². The number of hydrogen-bond acceptors (Lipinski definition) is 4. The van der Waals surface area contributed by atoms with Crippen molar-refractivity contribution in [2.75, 3.05) is 11.3 Å². The van der Waals surface area contributed by atoms with Crippen LogP contribution in [0, 0.1) is 5.92 Å². The maximum absolute atomic E-state index is 12.3. The summed E-state index contributed by atoms with van der Waals surface area (Å²) in [6.07, 6.45) is 2.83. The second kappa shape index (κ2) is 5.89. The fourth-order valence-electron chi connectivity index (χ4n) is 3.02. The van der Waals surface area contributed by atoms with Crippen molar-refractivity contribution in [3.63, 3.8) is 0 Å². The Labute approximate surface area is 145 Å². The molecule has 0 atom stereocenters. The molecule has 1 fully saturated rings. The molecule has 126 valence electrons. The van der Waals surface area contributed by atoms with E-state index in [0.717, 1.165) is 31.4 Å². The zero-order valence-electron chi connectivity index (χ0n) is 13.1. The molecule has 1 aliphatic heterocycles. The smallest absolute Gasteiger partial charge is 0.271 e. The number of carbonyl (C=O) groups is 1. The summed E-state index contributed by atoms with van der Waals surface area (Å²) in [6, 6.07) is 8.91. The van der Waals surface area contributed by atoms with Gasteiger partial charge >= 0.3 is 0 Å². The zero-order chi connectivity index (χ0) is 16.7. The molecule has 2 heterocycles. The summed E-state index contributed by atoms with van der Waals surface area (Å²) in [5.74, 6) is 0.456. The van der Waals surface area contributed by atoms with Crippen molar-refractivity contribution < 1.29 is 13.2 Å². The van der Waals surface area contributed by atoms with E-state index >= 15 is 0 Å². The van der Waals surface area contributed by atoms with E-state index in [-0.39, 0.29) is 11.8 Å². The highest BCUT2D eigenvalue weighted by molar-refractivity contribution is 7.94. The van der Waals surface area contributed by atoms with Gasteiger partial charge in [0.1, 0.15) is 4.21 Å². The molecule has 5 nitrogen and oxygen atoms in total. The first-order valence-electron chi connectivity index (χ1n) is 8.00. The largest absolute Gasteiger partial charge is 0.338 e. The van der Waals surface area contributed by atoms with Crippen molar-refractivity contribution >= 4 is 33.0 Å². The van der Waals surface area contributed by atoms with E-state index < -0.39 is 10.0 Å². The minimum Gasteiger partial charge on any atom is -0.338 e. The maximum Gasteiger partial charge on any atom is 0.271 e. The summed E-state index contributed by atoms with van der Waals surface area (Å²) in [4.78, 5) is 14.2. The molecule has 1 aromatic carbocycles. The highest BCUT2D eigenvalue weighted by Gasteiger charge is 2.34. The fraction of sp³-hybridized carbons (Fsp3) is 0.353. The van der Waals surface area contributed by atoms with E-state index in [1.807, 2.05) is 17.0 Å². The minimum atomic E-state index is -3.54. The van der Waals surface area contributed by atoms with Crippen LogP contribution in [0.25, 0.3) is 0 Å². The van der Waals surface area contributed by atoms with Gasteiger partial charge in [-0.1, -0.05) is 12.1 Å². The number of amides is 1. The van der Waals surface area contributed by atoms with Crippen molar-refractivity contribution in [2.45, 2.75) is 30.0 Å². The molecule has 0 unspecified atom stereocenters. The third kappa shape index (κ3) is 3.06. The van der Waals surface area contributed by atoms with Crippen molar-refractivity contribution in [1.82, 2.24) is 4.90 Å². The topological polar surface area (TPSA) is 66.5 Å². The Bertz CT molecular complexity index is 871. The number of hydrogen-bond donors (Lipinski definition) is 1. The number of nitrogens with zero attached hydrogens (tertiary/aromatic N) is 1. The Morgan fingerprint density at radius 1 is 1.21 bits per heavy atom. The second-order valence-corrected chi connectivity index (χ2v) is 9.16. The Balaban J connectivity index is 1.55. The molecule has 1 saturated carbocycles. The monoisotopic (exact) mass is 362 g/mol. The lowest BCUT2D eigenvalue weighted by molar-refractivity contribution is -0.133. The van der Waals surface area contributed by atoms with Crippen LogP contribution in [0.4, 0.5) is 5.69 Å². The lowest BCUT2D eigenvalue weighted by atomic mass is 9.99. The molecule has 2 aliphatic rings. The summed E-state index contributed by atoms with van der Waals surface area (Å²) in [5, 5.41) is 1.74. The van der Waals surface area contributed by atoms with Gasteiger partial charge in [0.25, 0.3) is 10.0 Å². The molecule has 1 amide bonds. The van der Waals surface area contributed by atoms with Crippen LogP contribution in [-0.4, -0.2) is 25.8 Å². The molecule has 0 saturated heterocycles. The molecule has 0 bridgehead atoms. The molecule has 24 heavy (non-hydrogen) atoms. The van der Waals surface area contributed by atoms with E-state index in [2.05, 4.69) is 4.72 Å². The van der Waals surface area contributed by atoms with E-state index in [1.54, 1.807) is 23.6 Å². The predicted molar refractivity (Wildman–Crippen MR) is 93.4 cm³/mol. The molecule has 0 spiro atoms. The first-order valence-corrected chi connectivity index (χ1v) is 10.4. The van der Waals surface area contributed by atoms with Gasteiger partial charge in [-0.25, -0.2) is 8.42 Å². The highest BCUT2D eigenvalue weighted by atomic mass is 32.2. The third-order valence-corrected chi connectivity index (χ3v) is 7.25. The number of nitrogens with one attached hydrogen (secondary N) is 1. The van der Waals surface area contributed by atoms with Gasteiger partial charge in [0, 0.05) is 24.7 Å². The van der Waals surface area contributed by atoms with Crippen LogP contribution in [0.5, 0.6) is 0 Å². The summed E-state index contributed by atoms with van der Waals surface area (Å²) in [6.45, 7) is 1.32. The van der Waals surface area contributed by atoms with E-state index in [4.69, 9.17) is 0 Å². The summed E-state index contributed by atoms with van der Waals surface area (Å²) in [7, 11) is -3.54. The van der Waals surface area contributed by atoms with Crippen molar-refractivity contribution in [2.24, 2.45) is 5.92 Å². The Morgan fingerprint density at radius 3 is 2.75 bits per heavy atom. The molecule has 7 heteroatoms. The quantitative estimate of drug-likeness (QED) is 0.909. The van der Waals surface area contributed by atoms with Crippen molar-refractivity contribution in [3.05, 3.63) is 46.8 Å². The van der Waals surface area contributed by atoms with E-state index in [1.165, 1.54) is 16.9 Å². The van der Waals surface area contributed by atoms with Gasteiger partial charge in [-0.3, -0.25) is 9.52 Å². The van der Waals surface area contributed by atoms with Gasteiger partial charge < -0.3 is 4.90 Å². The lowest BCUT2D eigenvalue weighted by Crippen LogP contribution is -2.36. The SMILES string of the molecule is O=C(C1CC1)N1CCc2ccc(NS(=O)(=O)c3cccs3)cc2C1. The molecular weight excluding hydrogens is 344 g/mol. The Kier molecular flexibility index (Phi) is 3.85. The second-order valence-electron chi connectivity index (χ2n) is 6.31. The maximum atomic E-state index is 12.3. The number of sulfonamides is 1. The standard InChI is InChI=1S/C17H18N2O3S2/c20-17(13-3-4-13)19-8-7-12-5-6-15(10-14(12)11-19)18-24(21,22)16-2-1-9-23-16/h1-2,5-6,9-10,13,18H,3-4,7-8,11H2. The number of benzene rings is 1. The number of fused-ring (bicyclic) bond motifs is 1. The third-order valence-electron chi connectivity index (χ3n) is 4.47. The van der Waals surface area contributed by atoms with Gasteiger partial charge in [-0.2, -0.15) is 0 Å². The van der Waals surface area contributed by atoms with E-state index in [9.17, 15) is 13.2 Å². The molecule has 2 aromatic rings. The van der Waals surface area contributed by atoms with E-state index in [0.29, 0.717) is 16.4 Å². The van der Waals surface area contributed by atoms with Gasteiger partial charge in [0.15, 0.2) is 0 Å². The molecule has 1 aliphatic carbocycles. The Hall–Kier alpha value is -1.86. The predicted octanol–water partition coefficient (Wildman–Crippen LogP) is 2.84. The van der Waals surface area contributed by atoms with Gasteiger partial charge in [-0.05, 0) is 54.0 Å². The molecule has 1 N–H and O–H groups in total. The molecule has 0 radical (unpaired) electrons. The summed E-state index contributed by atoms with van der Waals surface area (Å²) < 4.78 is 27.6. The van der Waals surface area contributed by atoms with Crippen LogP contribution >= 0.6 is 11.3 Å². The average molecular weight is 362 g/mol. The summed E-state index contributed by atoms with van der Waals surface area (Å²) >= 11 is 1.19. The first kappa shape index (κ1) is 15.7. The van der Waals surface area contributed by atoms with Crippen LogP contribution in [0.2, 0.25) is 0 Å². The number of rotatable bonds is 4.